The first-order valence-electron chi connectivity index (χ1n) is 5.94. The predicted octanol–water partition coefficient (Wildman–Crippen LogP) is 3.18. The third-order valence-electron chi connectivity index (χ3n) is 2.70. The summed E-state index contributed by atoms with van der Waals surface area (Å²) in [5.41, 5.74) is 1.07. The molecule has 0 aromatic heterocycles. The molecule has 0 saturated carbocycles. The van der Waals surface area contributed by atoms with Gasteiger partial charge < -0.3 is 4.90 Å². The highest BCUT2D eigenvalue weighted by Gasteiger charge is 2.13. The van der Waals surface area contributed by atoms with Crippen LogP contribution in [0.1, 0.15) is 12.8 Å². The van der Waals surface area contributed by atoms with Gasteiger partial charge in [0, 0.05) is 31.1 Å². The SMILES string of the molecule is N#CCCC(C#N)CN(CCCl)c1ccccc1. The lowest BCUT2D eigenvalue weighted by Gasteiger charge is -2.25. The Morgan fingerprint density at radius 1 is 1.22 bits per heavy atom. The molecule has 0 bridgehead atoms. The van der Waals surface area contributed by atoms with Crippen molar-refractivity contribution in [3.8, 4) is 12.1 Å². The van der Waals surface area contributed by atoms with Gasteiger partial charge in [0.15, 0.2) is 0 Å². The fourth-order valence-electron chi connectivity index (χ4n) is 1.77. The molecule has 0 fully saturated rings. The number of para-hydroxylation sites is 1. The van der Waals surface area contributed by atoms with Gasteiger partial charge in [0.2, 0.25) is 0 Å². The summed E-state index contributed by atoms with van der Waals surface area (Å²) in [5.74, 6) is 0.388. The van der Waals surface area contributed by atoms with Crippen LogP contribution < -0.4 is 4.90 Å². The smallest absolute Gasteiger partial charge is 0.0674 e. The van der Waals surface area contributed by atoms with Crippen molar-refractivity contribution in [2.24, 2.45) is 5.92 Å². The third kappa shape index (κ3) is 4.65. The molecule has 0 aliphatic carbocycles. The lowest BCUT2D eigenvalue weighted by molar-refractivity contribution is 0.593. The minimum Gasteiger partial charge on any atom is -0.369 e. The van der Waals surface area contributed by atoms with Crippen LogP contribution in [0.15, 0.2) is 30.3 Å². The van der Waals surface area contributed by atoms with Crippen LogP contribution in [0, 0.1) is 28.6 Å². The summed E-state index contributed by atoms with van der Waals surface area (Å²) >= 11 is 5.80. The minimum atomic E-state index is -0.131. The van der Waals surface area contributed by atoms with Crippen molar-refractivity contribution < 1.29 is 0 Å². The Morgan fingerprint density at radius 3 is 2.50 bits per heavy atom. The molecule has 1 unspecified atom stereocenters. The van der Waals surface area contributed by atoms with E-state index in [1.807, 2.05) is 30.3 Å². The monoisotopic (exact) mass is 261 g/mol. The molecule has 3 nitrogen and oxygen atoms in total. The van der Waals surface area contributed by atoms with Gasteiger partial charge in [0.25, 0.3) is 0 Å². The fraction of sp³-hybridized carbons (Fsp3) is 0.429. The first-order valence-corrected chi connectivity index (χ1v) is 6.47. The molecule has 4 heteroatoms. The summed E-state index contributed by atoms with van der Waals surface area (Å²) in [6, 6.07) is 14.2. The molecule has 0 spiro atoms. The van der Waals surface area contributed by atoms with Crippen LogP contribution in [0.3, 0.4) is 0 Å². The van der Waals surface area contributed by atoms with Crippen LogP contribution in [0.5, 0.6) is 0 Å². The van der Waals surface area contributed by atoms with Gasteiger partial charge in [-0.3, -0.25) is 0 Å². The Balaban J connectivity index is 2.68. The van der Waals surface area contributed by atoms with E-state index in [0.29, 0.717) is 31.8 Å². The summed E-state index contributed by atoms with van der Waals surface area (Å²) in [5, 5.41) is 17.7. The van der Waals surface area contributed by atoms with E-state index in [-0.39, 0.29) is 5.92 Å². The second-order valence-electron chi connectivity index (χ2n) is 3.99. The summed E-state index contributed by atoms with van der Waals surface area (Å²) in [6.07, 6.45) is 1.03. The highest BCUT2D eigenvalue weighted by Crippen LogP contribution is 2.17. The van der Waals surface area contributed by atoms with E-state index in [4.69, 9.17) is 22.1 Å². The zero-order valence-electron chi connectivity index (χ0n) is 10.2. The van der Waals surface area contributed by atoms with Gasteiger partial charge in [0.1, 0.15) is 0 Å². The summed E-state index contributed by atoms with van der Waals surface area (Å²) in [7, 11) is 0. The van der Waals surface area contributed by atoms with E-state index in [1.165, 1.54) is 0 Å². The first-order chi connectivity index (χ1) is 8.81. The Kier molecular flexibility index (Phi) is 6.69. The third-order valence-corrected chi connectivity index (χ3v) is 2.87. The molecule has 0 radical (unpaired) electrons. The molecular weight excluding hydrogens is 246 g/mol. The molecule has 0 saturated heterocycles. The van der Waals surface area contributed by atoms with Gasteiger partial charge in [-0.1, -0.05) is 18.2 Å². The number of hydrogen-bond acceptors (Lipinski definition) is 3. The van der Waals surface area contributed by atoms with Crippen LogP contribution in [0.2, 0.25) is 0 Å². The minimum absolute atomic E-state index is 0.131. The van der Waals surface area contributed by atoms with E-state index in [1.54, 1.807) is 0 Å². The van der Waals surface area contributed by atoms with Crippen LogP contribution >= 0.6 is 11.6 Å². The topological polar surface area (TPSA) is 50.8 Å². The van der Waals surface area contributed by atoms with Crippen LogP contribution in [0.4, 0.5) is 5.69 Å². The molecule has 18 heavy (non-hydrogen) atoms. The van der Waals surface area contributed by atoms with Gasteiger partial charge in [-0.05, 0) is 18.6 Å². The van der Waals surface area contributed by atoms with Crippen molar-refractivity contribution in [1.29, 1.82) is 10.5 Å². The molecule has 1 rings (SSSR count). The highest BCUT2D eigenvalue weighted by molar-refractivity contribution is 6.18. The average molecular weight is 262 g/mol. The van der Waals surface area contributed by atoms with Gasteiger partial charge in [-0.15, -0.1) is 11.6 Å². The molecule has 0 heterocycles. The number of hydrogen-bond donors (Lipinski definition) is 0. The standard InChI is InChI=1S/C14H16ClN3/c15-8-10-18(14-6-2-1-3-7-14)12-13(11-17)5-4-9-16/h1-3,6-7,13H,4-5,8,10,12H2. The van der Waals surface area contributed by atoms with E-state index >= 15 is 0 Å². The fourth-order valence-corrected chi connectivity index (χ4v) is 1.97. The van der Waals surface area contributed by atoms with Gasteiger partial charge in [-0.2, -0.15) is 10.5 Å². The Bertz CT molecular complexity index is 419. The summed E-state index contributed by atoms with van der Waals surface area (Å²) in [4.78, 5) is 2.10. The van der Waals surface area contributed by atoms with Crippen LogP contribution in [0.25, 0.3) is 0 Å². The van der Waals surface area contributed by atoms with Crippen molar-refractivity contribution in [3.05, 3.63) is 30.3 Å². The number of nitrogens with zero attached hydrogens (tertiary/aromatic N) is 3. The normalized spacial score (nSPS) is 11.3. The number of benzene rings is 1. The molecule has 0 N–H and O–H groups in total. The number of anilines is 1. The molecule has 0 aliphatic rings. The molecule has 1 aromatic carbocycles. The van der Waals surface area contributed by atoms with Gasteiger partial charge in [0.05, 0.1) is 18.1 Å². The van der Waals surface area contributed by atoms with E-state index in [2.05, 4.69) is 17.0 Å². The lowest BCUT2D eigenvalue weighted by atomic mass is 10.0. The number of halogens is 1. The number of rotatable bonds is 7. The van der Waals surface area contributed by atoms with Crippen LogP contribution in [-0.2, 0) is 0 Å². The first kappa shape index (κ1) is 14.4. The van der Waals surface area contributed by atoms with Crippen molar-refractivity contribution in [1.82, 2.24) is 0 Å². The van der Waals surface area contributed by atoms with E-state index in [9.17, 15) is 0 Å². The molecule has 0 amide bonds. The zero-order chi connectivity index (χ0) is 13.2. The number of alkyl halides is 1. The second-order valence-corrected chi connectivity index (χ2v) is 4.37. The maximum absolute atomic E-state index is 9.10. The quantitative estimate of drug-likeness (QED) is 0.709. The van der Waals surface area contributed by atoms with Crippen molar-refractivity contribution >= 4 is 17.3 Å². The van der Waals surface area contributed by atoms with Crippen LogP contribution in [-0.4, -0.2) is 19.0 Å². The second kappa shape index (κ2) is 8.39. The largest absolute Gasteiger partial charge is 0.369 e. The molecule has 0 aliphatic heterocycles. The van der Waals surface area contributed by atoms with Gasteiger partial charge >= 0.3 is 0 Å². The molecule has 94 valence electrons. The lowest BCUT2D eigenvalue weighted by Crippen LogP contribution is -2.30. The Hall–Kier alpha value is -1.71. The van der Waals surface area contributed by atoms with Crippen molar-refractivity contribution in [2.45, 2.75) is 12.8 Å². The van der Waals surface area contributed by atoms with E-state index in [0.717, 1.165) is 5.69 Å². The average Bonchev–Trinajstić information content (AvgIpc) is 2.43. The highest BCUT2D eigenvalue weighted by atomic mass is 35.5. The molecule has 1 aromatic rings. The predicted molar refractivity (Wildman–Crippen MR) is 73.3 cm³/mol. The van der Waals surface area contributed by atoms with Gasteiger partial charge in [-0.25, -0.2) is 0 Å². The summed E-state index contributed by atoms with van der Waals surface area (Å²) < 4.78 is 0. The van der Waals surface area contributed by atoms with E-state index < -0.39 is 0 Å². The van der Waals surface area contributed by atoms with Crippen molar-refractivity contribution in [2.75, 3.05) is 23.9 Å². The summed E-state index contributed by atoms with van der Waals surface area (Å²) in [6.45, 7) is 1.32. The Labute approximate surface area is 113 Å². The molecule has 1 atom stereocenters. The Morgan fingerprint density at radius 2 is 1.94 bits per heavy atom. The maximum atomic E-state index is 9.10. The maximum Gasteiger partial charge on any atom is 0.0674 e. The van der Waals surface area contributed by atoms with Crippen molar-refractivity contribution in [3.63, 3.8) is 0 Å². The molecular formula is C14H16ClN3. The zero-order valence-corrected chi connectivity index (χ0v) is 11.0. The number of nitriles is 2.